The van der Waals surface area contributed by atoms with Crippen LogP contribution in [-0.4, -0.2) is 36.9 Å². The molecule has 19 heavy (non-hydrogen) atoms. The molecular formula is C14H21NO3S. The van der Waals surface area contributed by atoms with Gasteiger partial charge in [0.15, 0.2) is 0 Å². The molecule has 0 aliphatic rings. The molecule has 1 rings (SSSR count). The number of aryl methyl sites for hydroxylation is 1. The zero-order valence-corrected chi connectivity index (χ0v) is 12.4. The lowest BCUT2D eigenvalue weighted by molar-refractivity contribution is -0.117. The van der Waals surface area contributed by atoms with Gasteiger partial charge in [0.2, 0.25) is 5.91 Å². The summed E-state index contributed by atoms with van der Waals surface area (Å²) < 4.78 is 4.91. The molecule has 0 radical (unpaired) electrons. The standard InChI is InChI=1S/C14H21NO3S/c1-11-6-9-19-12(11)4-5-13(16)15-10-14(2,17)7-8-18-3/h4-6,9,17H,7-8,10H2,1-3H3,(H,15,16)/b5-4+. The third-order valence-electron chi connectivity index (χ3n) is 2.78. The highest BCUT2D eigenvalue weighted by Gasteiger charge is 2.20. The second kappa shape index (κ2) is 7.43. The first-order valence-electron chi connectivity index (χ1n) is 6.16. The van der Waals surface area contributed by atoms with E-state index in [1.807, 2.05) is 18.4 Å². The molecule has 0 spiro atoms. The van der Waals surface area contributed by atoms with E-state index in [9.17, 15) is 9.90 Å². The summed E-state index contributed by atoms with van der Waals surface area (Å²) in [5.74, 6) is -0.203. The van der Waals surface area contributed by atoms with Crippen LogP contribution in [0.1, 0.15) is 23.8 Å². The van der Waals surface area contributed by atoms with Crippen molar-refractivity contribution < 1.29 is 14.6 Å². The number of nitrogens with one attached hydrogen (secondary N) is 1. The lowest BCUT2D eigenvalue weighted by Crippen LogP contribution is -2.40. The van der Waals surface area contributed by atoms with Gasteiger partial charge in [0, 0.05) is 37.6 Å². The third-order valence-corrected chi connectivity index (χ3v) is 3.76. The van der Waals surface area contributed by atoms with Gasteiger partial charge in [-0.25, -0.2) is 0 Å². The fraction of sp³-hybridized carbons (Fsp3) is 0.500. The Morgan fingerprint density at radius 1 is 1.63 bits per heavy atom. The van der Waals surface area contributed by atoms with Crippen LogP contribution < -0.4 is 5.32 Å². The van der Waals surface area contributed by atoms with Crippen LogP contribution in [0.25, 0.3) is 6.08 Å². The maximum absolute atomic E-state index is 11.6. The molecule has 0 saturated heterocycles. The van der Waals surface area contributed by atoms with Crippen LogP contribution in [0.4, 0.5) is 0 Å². The average molecular weight is 283 g/mol. The molecule has 1 aromatic rings. The maximum atomic E-state index is 11.6. The largest absolute Gasteiger partial charge is 0.388 e. The van der Waals surface area contributed by atoms with Crippen LogP contribution in [0.3, 0.4) is 0 Å². The molecule has 0 fully saturated rings. The van der Waals surface area contributed by atoms with E-state index < -0.39 is 5.60 Å². The van der Waals surface area contributed by atoms with Gasteiger partial charge in [-0.1, -0.05) is 0 Å². The van der Waals surface area contributed by atoms with E-state index in [0.717, 1.165) is 10.4 Å². The van der Waals surface area contributed by atoms with Gasteiger partial charge in [-0.15, -0.1) is 11.3 Å². The van der Waals surface area contributed by atoms with E-state index in [4.69, 9.17) is 4.74 Å². The molecule has 0 aliphatic heterocycles. The van der Waals surface area contributed by atoms with Crippen LogP contribution in [0.5, 0.6) is 0 Å². The van der Waals surface area contributed by atoms with Gasteiger partial charge >= 0.3 is 0 Å². The molecule has 0 aromatic carbocycles. The van der Waals surface area contributed by atoms with Crippen LogP contribution in [0.2, 0.25) is 0 Å². The van der Waals surface area contributed by atoms with E-state index in [1.54, 1.807) is 31.4 Å². The molecule has 1 aromatic heterocycles. The van der Waals surface area contributed by atoms with Gasteiger partial charge in [0.1, 0.15) is 0 Å². The number of hydrogen-bond donors (Lipinski definition) is 2. The Kier molecular flexibility index (Phi) is 6.21. The van der Waals surface area contributed by atoms with E-state index in [1.165, 1.54) is 6.08 Å². The average Bonchev–Trinajstić information content (AvgIpc) is 2.77. The summed E-state index contributed by atoms with van der Waals surface area (Å²) >= 11 is 1.59. The number of hydrogen-bond acceptors (Lipinski definition) is 4. The molecule has 1 unspecified atom stereocenters. The minimum absolute atomic E-state index is 0.203. The highest BCUT2D eigenvalue weighted by Crippen LogP contribution is 2.16. The Morgan fingerprint density at radius 3 is 2.95 bits per heavy atom. The number of thiophene rings is 1. The van der Waals surface area contributed by atoms with Gasteiger partial charge in [-0.05, 0) is 36.9 Å². The quantitative estimate of drug-likeness (QED) is 0.752. The van der Waals surface area contributed by atoms with Gasteiger partial charge in [0.05, 0.1) is 5.60 Å². The molecule has 5 heteroatoms. The summed E-state index contributed by atoms with van der Waals surface area (Å²) in [5.41, 5.74) is 0.208. The predicted octanol–water partition coefficient (Wildman–Crippen LogP) is 1.97. The molecule has 0 saturated carbocycles. The molecule has 1 atom stereocenters. The van der Waals surface area contributed by atoms with Gasteiger partial charge in [-0.3, -0.25) is 4.79 Å². The molecule has 1 amide bonds. The molecule has 2 N–H and O–H groups in total. The fourth-order valence-corrected chi connectivity index (χ4v) is 2.27. The fourth-order valence-electron chi connectivity index (χ4n) is 1.45. The summed E-state index contributed by atoms with van der Waals surface area (Å²) in [5, 5.41) is 14.6. The SMILES string of the molecule is COCCC(C)(O)CNC(=O)/C=C/c1sccc1C. The van der Waals surface area contributed by atoms with E-state index in [0.29, 0.717) is 13.0 Å². The summed E-state index contributed by atoms with van der Waals surface area (Å²) in [6.07, 6.45) is 3.77. The normalized spacial score (nSPS) is 14.5. The molecule has 106 valence electrons. The highest BCUT2D eigenvalue weighted by molar-refractivity contribution is 7.11. The zero-order valence-electron chi connectivity index (χ0n) is 11.6. The topological polar surface area (TPSA) is 58.6 Å². The van der Waals surface area contributed by atoms with Crippen molar-refractivity contribution in [1.82, 2.24) is 5.32 Å². The summed E-state index contributed by atoms with van der Waals surface area (Å²) in [7, 11) is 1.58. The molecule has 0 aliphatic carbocycles. The van der Waals surface area contributed by atoms with E-state index >= 15 is 0 Å². The number of rotatable bonds is 7. The lowest BCUT2D eigenvalue weighted by atomic mass is 10.0. The summed E-state index contributed by atoms with van der Waals surface area (Å²) in [4.78, 5) is 12.7. The summed E-state index contributed by atoms with van der Waals surface area (Å²) in [6.45, 7) is 4.36. The minimum atomic E-state index is -0.946. The smallest absolute Gasteiger partial charge is 0.244 e. The Hall–Kier alpha value is -1.17. The van der Waals surface area contributed by atoms with Crippen molar-refractivity contribution in [3.05, 3.63) is 28.0 Å². The van der Waals surface area contributed by atoms with Crippen LogP contribution in [0.15, 0.2) is 17.5 Å². The highest BCUT2D eigenvalue weighted by atomic mass is 32.1. The van der Waals surface area contributed by atoms with Crippen molar-refractivity contribution >= 4 is 23.3 Å². The number of carbonyl (C=O) groups excluding carboxylic acids is 1. The molecular weight excluding hydrogens is 262 g/mol. The van der Waals surface area contributed by atoms with Crippen molar-refractivity contribution in [2.75, 3.05) is 20.3 Å². The Balaban J connectivity index is 2.39. The van der Waals surface area contributed by atoms with Crippen molar-refractivity contribution in [1.29, 1.82) is 0 Å². The summed E-state index contributed by atoms with van der Waals surface area (Å²) in [6, 6.07) is 2.01. The Morgan fingerprint density at radius 2 is 2.37 bits per heavy atom. The molecule has 1 heterocycles. The van der Waals surface area contributed by atoms with Crippen LogP contribution in [0, 0.1) is 6.92 Å². The number of ether oxygens (including phenoxy) is 1. The first kappa shape index (κ1) is 15.9. The number of amides is 1. The number of aliphatic hydroxyl groups is 1. The Labute approximate surface area is 118 Å². The maximum Gasteiger partial charge on any atom is 0.244 e. The predicted molar refractivity (Wildman–Crippen MR) is 78.2 cm³/mol. The monoisotopic (exact) mass is 283 g/mol. The van der Waals surface area contributed by atoms with Crippen molar-refractivity contribution in [2.24, 2.45) is 0 Å². The first-order valence-corrected chi connectivity index (χ1v) is 7.04. The second-order valence-electron chi connectivity index (χ2n) is 4.76. The Bertz CT molecular complexity index is 438. The van der Waals surface area contributed by atoms with Crippen molar-refractivity contribution in [2.45, 2.75) is 25.9 Å². The zero-order chi connectivity index (χ0) is 14.3. The minimum Gasteiger partial charge on any atom is -0.388 e. The second-order valence-corrected chi connectivity index (χ2v) is 5.71. The van der Waals surface area contributed by atoms with E-state index in [2.05, 4.69) is 5.32 Å². The molecule has 4 nitrogen and oxygen atoms in total. The van der Waals surface area contributed by atoms with Gasteiger partial charge in [-0.2, -0.15) is 0 Å². The number of carbonyl (C=O) groups is 1. The van der Waals surface area contributed by atoms with Crippen molar-refractivity contribution in [3.63, 3.8) is 0 Å². The van der Waals surface area contributed by atoms with Crippen LogP contribution in [-0.2, 0) is 9.53 Å². The first-order chi connectivity index (χ1) is 8.94. The van der Waals surface area contributed by atoms with Crippen LogP contribution >= 0.6 is 11.3 Å². The van der Waals surface area contributed by atoms with Gasteiger partial charge in [0.25, 0.3) is 0 Å². The molecule has 0 bridgehead atoms. The van der Waals surface area contributed by atoms with E-state index in [-0.39, 0.29) is 12.5 Å². The number of methoxy groups -OCH3 is 1. The lowest BCUT2D eigenvalue weighted by Gasteiger charge is -2.22. The third kappa shape index (κ3) is 6.00. The van der Waals surface area contributed by atoms with Gasteiger partial charge < -0.3 is 15.2 Å². The van der Waals surface area contributed by atoms with Crippen molar-refractivity contribution in [3.8, 4) is 0 Å².